The van der Waals surface area contributed by atoms with Gasteiger partial charge in [-0.05, 0) is 51.0 Å². The van der Waals surface area contributed by atoms with E-state index in [2.05, 4.69) is 0 Å². The molecular formula is C23H26N2O9S. The number of esters is 1. The molecule has 1 heterocycles. The van der Waals surface area contributed by atoms with Crippen molar-refractivity contribution < 1.29 is 42.1 Å². The third-order valence-corrected chi connectivity index (χ3v) is 6.42. The highest BCUT2D eigenvalue weighted by Crippen LogP contribution is 2.40. The number of para-hydroxylation sites is 1. The molecule has 11 nitrogen and oxygen atoms in total. The van der Waals surface area contributed by atoms with Crippen LogP contribution in [0.4, 0.5) is 10.5 Å². The number of nitrogens with zero attached hydrogens (tertiary/aromatic N) is 1. The van der Waals surface area contributed by atoms with Crippen molar-refractivity contribution in [1.29, 1.82) is 0 Å². The van der Waals surface area contributed by atoms with E-state index in [-0.39, 0.29) is 23.6 Å². The largest absolute Gasteiger partial charge is 0.478 e. The van der Waals surface area contributed by atoms with Gasteiger partial charge < -0.3 is 24.2 Å². The van der Waals surface area contributed by atoms with Gasteiger partial charge in [0.05, 0.1) is 17.9 Å². The summed E-state index contributed by atoms with van der Waals surface area (Å²) in [4.78, 5) is 37.1. The molecule has 1 aliphatic rings. The molecule has 12 heteroatoms. The lowest BCUT2D eigenvalue weighted by Crippen LogP contribution is -2.36. The number of hydrogen-bond acceptors (Lipinski definition) is 9. The number of ether oxygens (including phenoxy) is 3. The molecule has 35 heavy (non-hydrogen) atoms. The number of rotatable bonds is 9. The Morgan fingerprint density at radius 2 is 1.77 bits per heavy atom. The fourth-order valence-corrected chi connectivity index (χ4v) is 4.52. The Morgan fingerprint density at radius 1 is 1.11 bits per heavy atom. The van der Waals surface area contributed by atoms with Crippen LogP contribution in [0.1, 0.15) is 37.0 Å². The highest BCUT2D eigenvalue weighted by molar-refractivity contribution is 7.90. The summed E-state index contributed by atoms with van der Waals surface area (Å²) < 4.78 is 43.7. The Kier molecular flexibility index (Phi) is 8.18. The van der Waals surface area contributed by atoms with Crippen LogP contribution >= 0.6 is 0 Å². The van der Waals surface area contributed by atoms with Gasteiger partial charge >= 0.3 is 18.0 Å². The van der Waals surface area contributed by atoms with E-state index in [9.17, 15) is 27.9 Å². The minimum atomic E-state index is -4.69. The van der Waals surface area contributed by atoms with Crippen LogP contribution in [-0.2, 0) is 24.3 Å². The van der Waals surface area contributed by atoms with Crippen molar-refractivity contribution in [3.63, 3.8) is 0 Å². The van der Waals surface area contributed by atoms with Crippen molar-refractivity contribution >= 4 is 33.7 Å². The third-order valence-electron chi connectivity index (χ3n) is 5.10. The van der Waals surface area contributed by atoms with E-state index in [0.29, 0.717) is 18.8 Å². The molecule has 0 saturated carbocycles. The van der Waals surface area contributed by atoms with E-state index in [1.165, 1.54) is 13.0 Å². The Balaban J connectivity index is 2.04. The summed E-state index contributed by atoms with van der Waals surface area (Å²) in [6.07, 6.45) is -1.13. The van der Waals surface area contributed by atoms with E-state index in [1.807, 2.05) is 4.90 Å². The van der Waals surface area contributed by atoms with Crippen LogP contribution in [0.15, 0.2) is 47.4 Å². The fourth-order valence-electron chi connectivity index (χ4n) is 3.47. The Bertz CT molecular complexity index is 1190. The number of anilines is 1. The molecule has 1 fully saturated rings. The molecule has 3 rings (SSSR count). The first kappa shape index (κ1) is 25.8. The molecule has 1 amide bonds. The maximum Gasteiger partial charge on any atom is 0.422 e. The van der Waals surface area contributed by atoms with Gasteiger partial charge in [0.25, 0.3) is 10.0 Å². The lowest BCUT2D eigenvalue weighted by Gasteiger charge is -2.24. The van der Waals surface area contributed by atoms with Gasteiger partial charge in [0.2, 0.25) is 0 Å². The molecule has 0 spiro atoms. The predicted molar refractivity (Wildman–Crippen MR) is 124 cm³/mol. The van der Waals surface area contributed by atoms with Gasteiger partial charge in [-0.25, -0.2) is 27.5 Å². The number of carbonyl (C=O) groups excluding carboxylic acids is 2. The zero-order valence-electron chi connectivity index (χ0n) is 19.2. The number of benzene rings is 2. The van der Waals surface area contributed by atoms with Gasteiger partial charge in [0.1, 0.15) is 10.6 Å². The Morgan fingerprint density at radius 3 is 2.37 bits per heavy atom. The molecule has 0 aromatic heterocycles. The summed E-state index contributed by atoms with van der Waals surface area (Å²) >= 11 is 0. The Hall–Kier alpha value is -3.80. The molecule has 0 bridgehead atoms. The number of carboxylic acids is 1. The number of sulfonamides is 1. The number of carbonyl (C=O) groups is 3. The summed E-state index contributed by atoms with van der Waals surface area (Å²) in [5.74, 6) is -2.03. The van der Waals surface area contributed by atoms with Crippen LogP contribution in [0.25, 0.3) is 0 Å². The van der Waals surface area contributed by atoms with Gasteiger partial charge in [-0.3, -0.25) is 0 Å². The standard InChI is InChI=1S/C23H26N2O9S/c1-3-32-22(28)15(2)33-23(29)24-35(30,31)19-14-16(21(26)27)13-18(25-11-7-8-12-25)20(19)34-17-9-5-4-6-10-17/h4-6,9-10,13-15H,3,7-8,11-12H2,1-2H3,(H,24,29)(H,26,27)/t15-/m0/s1. The molecule has 0 radical (unpaired) electrons. The van der Waals surface area contributed by atoms with Gasteiger partial charge in [-0.2, -0.15) is 0 Å². The van der Waals surface area contributed by atoms with E-state index in [1.54, 1.807) is 42.0 Å². The zero-order chi connectivity index (χ0) is 25.6. The maximum atomic E-state index is 13.3. The minimum absolute atomic E-state index is 0.0495. The highest BCUT2D eigenvalue weighted by Gasteiger charge is 2.31. The summed E-state index contributed by atoms with van der Waals surface area (Å²) in [6, 6.07) is 10.6. The second-order valence-corrected chi connectivity index (χ2v) is 9.29. The zero-order valence-corrected chi connectivity index (χ0v) is 20.0. The molecule has 1 atom stereocenters. The number of carboxylic acid groups (broad SMARTS) is 1. The molecule has 0 unspecified atom stereocenters. The second-order valence-electron chi connectivity index (χ2n) is 7.64. The minimum Gasteiger partial charge on any atom is -0.478 e. The van der Waals surface area contributed by atoms with Gasteiger partial charge in [0, 0.05) is 13.1 Å². The first-order valence-corrected chi connectivity index (χ1v) is 12.4. The van der Waals surface area contributed by atoms with E-state index < -0.39 is 39.1 Å². The van der Waals surface area contributed by atoms with Gasteiger partial charge in [0.15, 0.2) is 11.9 Å². The van der Waals surface area contributed by atoms with Crippen LogP contribution in [0.2, 0.25) is 0 Å². The van der Waals surface area contributed by atoms with Crippen molar-refractivity contribution in [2.75, 3.05) is 24.6 Å². The van der Waals surface area contributed by atoms with Gasteiger partial charge in [-0.15, -0.1) is 0 Å². The number of aromatic carboxylic acids is 1. The van der Waals surface area contributed by atoms with Crippen LogP contribution in [0.5, 0.6) is 11.5 Å². The quantitative estimate of drug-likeness (QED) is 0.486. The van der Waals surface area contributed by atoms with Crippen LogP contribution in [0, 0.1) is 0 Å². The van der Waals surface area contributed by atoms with Crippen LogP contribution in [-0.4, -0.2) is 57.4 Å². The monoisotopic (exact) mass is 506 g/mol. The molecule has 188 valence electrons. The summed E-state index contributed by atoms with van der Waals surface area (Å²) in [5.41, 5.74) is -0.0409. The molecule has 1 aliphatic heterocycles. The van der Waals surface area contributed by atoms with Crippen molar-refractivity contribution in [3.8, 4) is 11.5 Å². The SMILES string of the molecule is CCOC(=O)[C@H](C)OC(=O)NS(=O)(=O)c1cc(C(=O)O)cc(N2CCCC2)c1Oc1ccccc1. The molecule has 0 aliphatic carbocycles. The predicted octanol–water partition coefficient (Wildman–Crippen LogP) is 3.14. The second kappa shape index (κ2) is 11.1. The topological polar surface area (TPSA) is 149 Å². The summed E-state index contributed by atoms with van der Waals surface area (Å²) in [5, 5.41) is 9.62. The van der Waals surface area contributed by atoms with Crippen molar-refractivity contribution in [3.05, 3.63) is 48.0 Å². The first-order valence-electron chi connectivity index (χ1n) is 10.9. The molecule has 2 aromatic carbocycles. The molecule has 2 aromatic rings. The average molecular weight is 507 g/mol. The first-order chi connectivity index (χ1) is 16.6. The van der Waals surface area contributed by atoms with E-state index >= 15 is 0 Å². The highest BCUT2D eigenvalue weighted by atomic mass is 32.2. The normalized spacial score (nSPS) is 14.2. The van der Waals surface area contributed by atoms with Crippen molar-refractivity contribution in [2.24, 2.45) is 0 Å². The van der Waals surface area contributed by atoms with Crippen molar-refractivity contribution in [2.45, 2.75) is 37.7 Å². The van der Waals surface area contributed by atoms with Gasteiger partial charge in [-0.1, -0.05) is 18.2 Å². The lowest BCUT2D eigenvalue weighted by molar-refractivity contribution is -0.152. The lowest BCUT2D eigenvalue weighted by atomic mass is 10.1. The summed E-state index contributed by atoms with van der Waals surface area (Å²) in [7, 11) is -4.69. The Labute approximate surface area is 202 Å². The van der Waals surface area contributed by atoms with Crippen LogP contribution in [0.3, 0.4) is 0 Å². The summed E-state index contributed by atoms with van der Waals surface area (Å²) in [6.45, 7) is 3.98. The maximum absolute atomic E-state index is 13.3. The number of hydrogen-bond donors (Lipinski definition) is 2. The average Bonchev–Trinajstić information content (AvgIpc) is 3.34. The fraction of sp³-hybridized carbons (Fsp3) is 0.348. The molecule has 1 saturated heterocycles. The van der Waals surface area contributed by atoms with E-state index in [4.69, 9.17) is 14.2 Å². The molecule has 2 N–H and O–H groups in total. The number of nitrogens with one attached hydrogen (secondary N) is 1. The van der Waals surface area contributed by atoms with E-state index in [0.717, 1.165) is 18.9 Å². The smallest absolute Gasteiger partial charge is 0.422 e. The third kappa shape index (κ3) is 6.41. The number of amides is 1. The molecular weight excluding hydrogens is 480 g/mol. The van der Waals surface area contributed by atoms with Crippen molar-refractivity contribution in [1.82, 2.24) is 4.72 Å². The van der Waals surface area contributed by atoms with Crippen LogP contribution < -0.4 is 14.4 Å².